The van der Waals surface area contributed by atoms with Gasteiger partial charge in [-0.05, 0) is 0 Å². The van der Waals surface area contributed by atoms with Crippen LogP contribution in [0.25, 0.3) is 6.08 Å². The molecule has 2 radical (unpaired) electrons. The predicted molar refractivity (Wildman–Crippen MR) is 40.9 cm³/mol. The van der Waals surface area contributed by atoms with Crippen molar-refractivity contribution in [1.29, 1.82) is 0 Å². The monoisotopic (exact) mass is 176 g/mol. The van der Waals surface area contributed by atoms with Crippen LogP contribution in [0.3, 0.4) is 0 Å². The van der Waals surface area contributed by atoms with Gasteiger partial charge in [0.2, 0.25) is 0 Å². The van der Waals surface area contributed by atoms with Crippen LogP contribution in [0, 0.1) is 0 Å². The first-order valence-corrected chi connectivity index (χ1v) is 5.25. The van der Waals surface area contributed by atoms with Gasteiger partial charge in [-0.15, -0.1) is 0 Å². The molecule has 0 N–H and O–H groups in total. The molecule has 0 aliphatic carbocycles. The van der Waals surface area contributed by atoms with Gasteiger partial charge in [-0.3, -0.25) is 0 Å². The Morgan fingerprint density at radius 2 is 2.00 bits per heavy atom. The quantitative estimate of drug-likeness (QED) is 0.515. The fourth-order valence-electron chi connectivity index (χ4n) is 0.995. The van der Waals surface area contributed by atoms with Gasteiger partial charge in [-0.25, -0.2) is 0 Å². The summed E-state index contributed by atoms with van der Waals surface area (Å²) in [4.78, 5) is 2.32. The van der Waals surface area contributed by atoms with Crippen LogP contribution >= 0.6 is 0 Å². The van der Waals surface area contributed by atoms with E-state index in [0.29, 0.717) is 0 Å². The van der Waals surface area contributed by atoms with Crippen LogP contribution in [0.1, 0.15) is 5.56 Å². The molecule has 0 aromatic heterocycles. The Morgan fingerprint density at radius 1 is 1.11 bits per heavy atom. The summed E-state index contributed by atoms with van der Waals surface area (Å²) in [5.41, 5.74) is 1.44. The van der Waals surface area contributed by atoms with Crippen molar-refractivity contribution in [3.8, 4) is 0 Å². The zero-order chi connectivity index (χ0) is 6.10. The van der Waals surface area contributed by atoms with Crippen molar-refractivity contribution < 1.29 is 0 Å². The van der Waals surface area contributed by atoms with Crippen LogP contribution in [0.5, 0.6) is 0 Å². The van der Waals surface area contributed by atoms with E-state index in [1.165, 1.54) is 5.56 Å². The van der Waals surface area contributed by atoms with Crippen LogP contribution in [0.2, 0.25) is 0 Å². The van der Waals surface area contributed by atoms with Gasteiger partial charge in [0.05, 0.1) is 0 Å². The maximum absolute atomic E-state index is 2.32. The molecular formula is C8H6Ge. The minimum atomic E-state index is 0.122. The molecule has 9 heavy (non-hydrogen) atoms. The standard InChI is InChI=1S/C8H6Ge/c1-2-4-8-7(3-1)5-6-9-8/h1-6H. The van der Waals surface area contributed by atoms with E-state index >= 15 is 0 Å². The van der Waals surface area contributed by atoms with Crippen LogP contribution in [0.15, 0.2) is 29.2 Å². The minimum absolute atomic E-state index is 0.122. The molecule has 0 saturated heterocycles. The van der Waals surface area contributed by atoms with Crippen LogP contribution in [-0.2, 0) is 0 Å². The molecule has 1 aromatic rings. The van der Waals surface area contributed by atoms with E-state index in [4.69, 9.17) is 0 Å². The maximum atomic E-state index is 2.32. The van der Waals surface area contributed by atoms with Gasteiger partial charge in [0.25, 0.3) is 0 Å². The van der Waals surface area contributed by atoms with Gasteiger partial charge < -0.3 is 0 Å². The van der Waals surface area contributed by atoms with E-state index in [9.17, 15) is 0 Å². The fraction of sp³-hybridized carbons (Fsp3) is 0. The molecule has 2 rings (SSSR count). The number of fused-ring (bicyclic) bond motifs is 1. The summed E-state index contributed by atoms with van der Waals surface area (Å²) in [6.45, 7) is 0. The Kier molecular flexibility index (Phi) is 1.20. The van der Waals surface area contributed by atoms with E-state index in [0.717, 1.165) is 0 Å². The van der Waals surface area contributed by atoms with Crippen molar-refractivity contribution in [2.24, 2.45) is 0 Å². The molecule has 0 amide bonds. The van der Waals surface area contributed by atoms with Crippen molar-refractivity contribution in [3.05, 3.63) is 34.7 Å². The summed E-state index contributed by atoms with van der Waals surface area (Å²) >= 11 is 0.122. The van der Waals surface area contributed by atoms with Crippen molar-refractivity contribution in [2.75, 3.05) is 0 Å². The first-order chi connectivity index (χ1) is 4.47. The third-order valence-electron chi connectivity index (χ3n) is 1.46. The van der Waals surface area contributed by atoms with Gasteiger partial charge in [0, 0.05) is 0 Å². The second-order valence-electron chi connectivity index (χ2n) is 2.06. The second-order valence-corrected chi connectivity index (χ2v) is 4.50. The number of benzene rings is 1. The molecular weight excluding hydrogens is 169 g/mol. The topological polar surface area (TPSA) is 0 Å². The zero-order valence-corrected chi connectivity index (χ0v) is 7.06. The molecule has 0 fully saturated rings. The predicted octanol–water partition coefficient (Wildman–Crippen LogP) is 1.00. The van der Waals surface area contributed by atoms with E-state index in [1.807, 2.05) is 0 Å². The zero-order valence-electron chi connectivity index (χ0n) is 4.96. The molecule has 0 spiro atoms. The summed E-state index contributed by atoms with van der Waals surface area (Å²) in [7, 11) is 0. The molecule has 0 nitrogen and oxygen atoms in total. The van der Waals surface area contributed by atoms with E-state index < -0.39 is 0 Å². The Balaban J connectivity index is 2.63. The molecule has 0 bridgehead atoms. The Morgan fingerprint density at radius 3 is 2.89 bits per heavy atom. The van der Waals surface area contributed by atoms with E-state index in [1.54, 1.807) is 4.40 Å². The number of rotatable bonds is 0. The Bertz CT molecular complexity index is 250. The molecule has 1 aliphatic rings. The molecule has 1 heterocycles. The summed E-state index contributed by atoms with van der Waals surface area (Å²) in [6, 6.07) is 8.63. The van der Waals surface area contributed by atoms with Gasteiger partial charge in [-0.1, -0.05) is 0 Å². The van der Waals surface area contributed by atoms with Gasteiger partial charge in [0.1, 0.15) is 0 Å². The SMILES string of the molecule is [CH]1=Cc2cccc[c]2[Ge]1. The van der Waals surface area contributed by atoms with Crippen LogP contribution < -0.4 is 4.40 Å². The molecule has 0 atom stereocenters. The first kappa shape index (κ1) is 5.30. The van der Waals surface area contributed by atoms with E-state index in [-0.39, 0.29) is 15.4 Å². The Hall–Kier alpha value is -0.497. The molecule has 1 heteroatoms. The molecule has 1 aromatic carbocycles. The molecule has 0 saturated carbocycles. The van der Waals surface area contributed by atoms with Gasteiger partial charge in [-0.2, -0.15) is 0 Å². The van der Waals surface area contributed by atoms with Gasteiger partial charge >= 0.3 is 60.6 Å². The van der Waals surface area contributed by atoms with Crippen LogP contribution in [0.4, 0.5) is 0 Å². The summed E-state index contributed by atoms with van der Waals surface area (Å²) < 4.78 is 1.58. The third-order valence-corrected chi connectivity index (χ3v) is 3.77. The normalized spacial score (nSPS) is 13.8. The van der Waals surface area contributed by atoms with Gasteiger partial charge in [0.15, 0.2) is 0 Å². The molecule has 1 aliphatic heterocycles. The number of hydrogen-bond acceptors (Lipinski definition) is 0. The van der Waals surface area contributed by atoms with Crippen molar-refractivity contribution in [2.45, 2.75) is 0 Å². The first-order valence-electron chi connectivity index (χ1n) is 2.99. The average Bonchev–Trinajstić information content (AvgIpc) is 2.33. The van der Waals surface area contributed by atoms with Crippen molar-refractivity contribution >= 4 is 25.9 Å². The second kappa shape index (κ2) is 2.03. The fourth-order valence-corrected chi connectivity index (χ4v) is 3.03. The summed E-state index contributed by atoms with van der Waals surface area (Å²) in [6.07, 6.45) is 2.23. The average molecular weight is 175 g/mol. The number of hydrogen-bond donors (Lipinski definition) is 0. The molecule has 42 valence electrons. The van der Waals surface area contributed by atoms with Crippen molar-refractivity contribution in [1.82, 2.24) is 0 Å². The third kappa shape index (κ3) is 0.834. The van der Waals surface area contributed by atoms with Crippen LogP contribution in [-0.4, -0.2) is 15.4 Å². The Labute approximate surface area is 61.1 Å². The summed E-state index contributed by atoms with van der Waals surface area (Å²) in [5.74, 6) is 0. The van der Waals surface area contributed by atoms with E-state index in [2.05, 4.69) is 35.3 Å². The van der Waals surface area contributed by atoms with Crippen molar-refractivity contribution in [3.63, 3.8) is 0 Å². The summed E-state index contributed by atoms with van der Waals surface area (Å²) in [5, 5.41) is 0. The molecule has 0 unspecified atom stereocenters.